The molecule has 0 fully saturated rings. The number of halogens is 2. The second kappa shape index (κ2) is 5.38. The molecule has 0 saturated carbocycles. The van der Waals surface area contributed by atoms with Crippen molar-refractivity contribution < 1.29 is 23.1 Å². The smallest absolute Gasteiger partial charge is 0.328 e. The van der Waals surface area contributed by atoms with Gasteiger partial charge in [-0.3, -0.25) is 4.79 Å². The number of hydrogen-bond donors (Lipinski definition) is 1. The summed E-state index contributed by atoms with van der Waals surface area (Å²) in [7, 11) is 1.17. The highest BCUT2D eigenvalue weighted by atomic mass is 19.1. The summed E-state index contributed by atoms with van der Waals surface area (Å²) in [5, 5.41) is 2.25. The first-order chi connectivity index (χ1) is 7.93. The predicted molar refractivity (Wildman–Crippen MR) is 55.3 cm³/mol. The average Bonchev–Trinajstić information content (AvgIpc) is 2.26. The van der Waals surface area contributed by atoms with Crippen molar-refractivity contribution in [2.75, 3.05) is 7.11 Å². The Morgan fingerprint density at radius 3 is 2.24 bits per heavy atom. The number of hydrogen-bond acceptors (Lipinski definition) is 3. The fourth-order valence-corrected chi connectivity index (χ4v) is 1.20. The zero-order valence-electron chi connectivity index (χ0n) is 9.29. The summed E-state index contributed by atoms with van der Waals surface area (Å²) in [6.07, 6.45) is 0. The van der Waals surface area contributed by atoms with E-state index >= 15 is 0 Å². The lowest BCUT2D eigenvalue weighted by molar-refractivity contribution is -0.142. The van der Waals surface area contributed by atoms with Gasteiger partial charge in [-0.25, -0.2) is 13.6 Å². The SMILES string of the molecule is COC(=O)C(C)NC(=O)c1cc(F)cc(F)c1. The van der Waals surface area contributed by atoms with Gasteiger partial charge in [-0.05, 0) is 19.1 Å². The van der Waals surface area contributed by atoms with Gasteiger partial charge in [0.1, 0.15) is 17.7 Å². The van der Waals surface area contributed by atoms with Gasteiger partial charge in [0, 0.05) is 11.6 Å². The van der Waals surface area contributed by atoms with Crippen LogP contribution in [0.5, 0.6) is 0 Å². The van der Waals surface area contributed by atoms with Gasteiger partial charge in [-0.2, -0.15) is 0 Å². The topological polar surface area (TPSA) is 55.4 Å². The number of rotatable bonds is 3. The van der Waals surface area contributed by atoms with Crippen molar-refractivity contribution in [3.63, 3.8) is 0 Å². The Hall–Kier alpha value is -1.98. The molecule has 1 aromatic carbocycles. The predicted octanol–water partition coefficient (Wildman–Crippen LogP) is 1.26. The molecule has 17 heavy (non-hydrogen) atoms. The fraction of sp³-hybridized carbons (Fsp3) is 0.273. The van der Waals surface area contributed by atoms with Crippen molar-refractivity contribution in [2.45, 2.75) is 13.0 Å². The van der Waals surface area contributed by atoms with E-state index in [1.54, 1.807) is 0 Å². The maximum Gasteiger partial charge on any atom is 0.328 e. The van der Waals surface area contributed by atoms with Crippen molar-refractivity contribution in [3.05, 3.63) is 35.4 Å². The Labute approximate surface area is 96.6 Å². The van der Waals surface area contributed by atoms with E-state index in [2.05, 4.69) is 10.1 Å². The molecule has 0 aliphatic heterocycles. The highest BCUT2D eigenvalue weighted by Gasteiger charge is 2.17. The molecule has 4 nitrogen and oxygen atoms in total. The molecule has 1 aromatic rings. The minimum absolute atomic E-state index is 0.196. The van der Waals surface area contributed by atoms with Crippen LogP contribution in [-0.2, 0) is 9.53 Å². The van der Waals surface area contributed by atoms with Crippen LogP contribution in [0.2, 0.25) is 0 Å². The lowest BCUT2D eigenvalue weighted by Gasteiger charge is -2.11. The molecule has 1 unspecified atom stereocenters. The quantitative estimate of drug-likeness (QED) is 0.813. The molecular weight excluding hydrogens is 232 g/mol. The minimum atomic E-state index is -0.890. The number of carbonyl (C=O) groups excluding carboxylic acids is 2. The van der Waals surface area contributed by atoms with E-state index in [1.165, 1.54) is 14.0 Å². The van der Waals surface area contributed by atoms with E-state index in [1.807, 2.05) is 0 Å². The van der Waals surface area contributed by atoms with E-state index in [9.17, 15) is 18.4 Å². The Morgan fingerprint density at radius 2 is 1.76 bits per heavy atom. The van der Waals surface area contributed by atoms with Gasteiger partial charge in [-0.1, -0.05) is 0 Å². The second-order valence-electron chi connectivity index (χ2n) is 3.38. The van der Waals surface area contributed by atoms with Gasteiger partial charge < -0.3 is 10.1 Å². The molecule has 0 aromatic heterocycles. The molecule has 6 heteroatoms. The van der Waals surface area contributed by atoms with Crippen LogP contribution < -0.4 is 5.32 Å². The fourth-order valence-electron chi connectivity index (χ4n) is 1.20. The summed E-state index contributed by atoms with van der Waals surface area (Å²) in [6, 6.07) is 1.52. The Bertz CT molecular complexity index is 428. The van der Waals surface area contributed by atoms with Crippen LogP contribution in [0.25, 0.3) is 0 Å². The monoisotopic (exact) mass is 243 g/mol. The molecule has 1 atom stereocenters. The molecule has 0 aliphatic rings. The maximum absolute atomic E-state index is 12.8. The van der Waals surface area contributed by atoms with Crippen LogP contribution in [0.3, 0.4) is 0 Å². The normalized spacial score (nSPS) is 11.8. The standard InChI is InChI=1S/C11H11F2NO3/c1-6(11(16)17-2)14-10(15)7-3-8(12)5-9(13)4-7/h3-6H,1-2H3,(H,14,15). The van der Waals surface area contributed by atoms with E-state index in [0.29, 0.717) is 6.07 Å². The van der Waals surface area contributed by atoms with Crippen molar-refractivity contribution in [1.82, 2.24) is 5.32 Å². The summed E-state index contributed by atoms with van der Waals surface area (Å²) in [5.41, 5.74) is -0.196. The van der Waals surface area contributed by atoms with Gasteiger partial charge in [-0.15, -0.1) is 0 Å². The summed E-state index contributed by atoms with van der Waals surface area (Å²) in [5.74, 6) is -3.11. The first kappa shape index (κ1) is 13.1. The van der Waals surface area contributed by atoms with Crippen LogP contribution in [0.15, 0.2) is 18.2 Å². The number of ether oxygens (including phenoxy) is 1. The molecule has 0 radical (unpaired) electrons. The molecule has 1 amide bonds. The molecule has 0 aliphatic carbocycles. The molecule has 0 saturated heterocycles. The number of methoxy groups -OCH3 is 1. The third-order valence-corrected chi connectivity index (χ3v) is 2.03. The summed E-state index contributed by atoms with van der Waals surface area (Å²) in [4.78, 5) is 22.6. The van der Waals surface area contributed by atoms with E-state index < -0.39 is 29.6 Å². The molecule has 92 valence electrons. The van der Waals surface area contributed by atoms with Gasteiger partial charge in [0.05, 0.1) is 7.11 Å². The lowest BCUT2D eigenvalue weighted by Crippen LogP contribution is -2.39. The van der Waals surface area contributed by atoms with Crippen molar-refractivity contribution in [3.8, 4) is 0 Å². The largest absolute Gasteiger partial charge is 0.467 e. The molecule has 0 heterocycles. The summed E-state index contributed by atoms with van der Waals surface area (Å²) >= 11 is 0. The zero-order chi connectivity index (χ0) is 13.0. The molecule has 1 rings (SSSR count). The number of nitrogens with one attached hydrogen (secondary N) is 1. The van der Waals surface area contributed by atoms with Gasteiger partial charge >= 0.3 is 5.97 Å². The zero-order valence-corrected chi connectivity index (χ0v) is 9.29. The summed E-state index contributed by atoms with van der Waals surface area (Å²) in [6.45, 7) is 1.40. The Balaban J connectivity index is 2.79. The van der Waals surface area contributed by atoms with E-state index in [4.69, 9.17) is 0 Å². The first-order valence-electron chi connectivity index (χ1n) is 4.79. The van der Waals surface area contributed by atoms with E-state index in [-0.39, 0.29) is 5.56 Å². The maximum atomic E-state index is 12.8. The third-order valence-electron chi connectivity index (χ3n) is 2.03. The first-order valence-corrected chi connectivity index (χ1v) is 4.79. The van der Waals surface area contributed by atoms with Crippen LogP contribution in [-0.4, -0.2) is 25.0 Å². The lowest BCUT2D eigenvalue weighted by atomic mass is 10.2. The number of benzene rings is 1. The minimum Gasteiger partial charge on any atom is -0.467 e. The number of carbonyl (C=O) groups is 2. The van der Waals surface area contributed by atoms with Crippen LogP contribution in [0.1, 0.15) is 17.3 Å². The van der Waals surface area contributed by atoms with Gasteiger partial charge in [0.15, 0.2) is 0 Å². The number of esters is 1. The van der Waals surface area contributed by atoms with Crippen molar-refractivity contribution >= 4 is 11.9 Å². The Morgan fingerprint density at radius 1 is 1.24 bits per heavy atom. The highest BCUT2D eigenvalue weighted by molar-refractivity contribution is 5.96. The molecule has 1 N–H and O–H groups in total. The van der Waals surface area contributed by atoms with Gasteiger partial charge in [0.25, 0.3) is 5.91 Å². The van der Waals surface area contributed by atoms with Crippen LogP contribution in [0.4, 0.5) is 8.78 Å². The van der Waals surface area contributed by atoms with Gasteiger partial charge in [0.2, 0.25) is 0 Å². The number of amides is 1. The van der Waals surface area contributed by atoms with Crippen molar-refractivity contribution in [2.24, 2.45) is 0 Å². The molecular formula is C11H11F2NO3. The average molecular weight is 243 g/mol. The van der Waals surface area contributed by atoms with E-state index in [0.717, 1.165) is 12.1 Å². The highest BCUT2D eigenvalue weighted by Crippen LogP contribution is 2.08. The molecule has 0 bridgehead atoms. The van der Waals surface area contributed by atoms with Crippen molar-refractivity contribution in [1.29, 1.82) is 0 Å². The second-order valence-corrected chi connectivity index (χ2v) is 3.38. The molecule has 0 spiro atoms. The van der Waals surface area contributed by atoms with Crippen LogP contribution in [0, 0.1) is 11.6 Å². The Kier molecular flexibility index (Phi) is 4.14. The van der Waals surface area contributed by atoms with Crippen LogP contribution >= 0.6 is 0 Å². The third kappa shape index (κ3) is 3.51. The summed E-state index contributed by atoms with van der Waals surface area (Å²) < 4.78 is 30.1.